The second-order valence-electron chi connectivity index (χ2n) is 3.90. The smallest absolute Gasteiger partial charge is 0.191 e. The molecule has 5 heteroatoms. The van der Waals surface area contributed by atoms with Crippen LogP contribution < -0.4 is 5.73 Å². The maximum Gasteiger partial charge on any atom is 0.191 e. The van der Waals surface area contributed by atoms with Gasteiger partial charge in [-0.1, -0.05) is 26.2 Å². The maximum atomic E-state index is 5.93. The number of nitrogens with zero attached hydrogens (tertiary/aromatic N) is 2. The molecule has 0 atom stereocenters. The summed E-state index contributed by atoms with van der Waals surface area (Å²) < 4.78 is 0. The van der Waals surface area contributed by atoms with Gasteiger partial charge in [-0.25, -0.2) is 0 Å². The first-order valence-corrected chi connectivity index (χ1v) is 7.12. The first kappa shape index (κ1) is 16.4. The average Bonchev–Trinajstić information content (AvgIpc) is 2.30. The lowest BCUT2D eigenvalue weighted by molar-refractivity contribution is 0.455. The molecule has 0 bridgehead atoms. The number of hydrogen-bond donors (Lipinski definition) is 1. The second-order valence-corrected chi connectivity index (χ2v) is 5.12. The van der Waals surface area contributed by atoms with Crippen LogP contribution in [-0.2, 0) is 0 Å². The van der Waals surface area contributed by atoms with Crippen LogP contribution in [0.2, 0.25) is 0 Å². The van der Waals surface area contributed by atoms with Crippen LogP contribution in [0, 0.1) is 0 Å². The number of rotatable bonds is 5. The van der Waals surface area contributed by atoms with Crippen LogP contribution in [-0.4, -0.2) is 42.0 Å². The zero-order valence-electron chi connectivity index (χ0n) is 10.2. The SMILES string of the molecule is CCCCCCN=C(N)N1CCSCC1.I. The third-order valence-corrected chi connectivity index (χ3v) is 3.56. The summed E-state index contributed by atoms with van der Waals surface area (Å²) in [5, 5.41) is 0. The van der Waals surface area contributed by atoms with Crippen LogP contribution >= 0.6 is 35.7 Å². The van der Waals surface area contributed by atoms with Gasteiger partial charge < -0.3 is 10.6 Å². The molecule has 0 aromatic carbocycles. The van der Waals surface area contributed by atoms with Gasteiger partial charge in [0.15, 0.2) is 5.96 Å². The van der Waals surface area contributed by atoms with Crippen molar-refractivity contribution < 1.29 is 0 Å². The van der Waals surface area contributed by atoms with Crippen LogP contribution in [0.3, 0.4) is 0 Å². The van der Waals surface area contributed by atoms with Gasteiger partial charge >= 0.3 is 0 Å². The van der Waals surface area contributed by atoms with E-state index in [-0.39, 0.29) is 24.0 Å². The highest BCUT2D eigenvalue weighted by atomic mass is 127. The summed E-state index contributed by atoms with van der Waals surface area (Å²) in [4.78, 5) is 6.64. The minimum atomic E-state index is 0. The van der Waals surface area contributed by atoms with Crippen molar-refractivity contribution in [3.63, 3.8) is 0 Å². The fourth-order valence-electron chi connectivity index (χ4n) is 1.62. The van der Waals surface area contributed by atoms with Crippen LogP contribution in [0.15, 0.2) is 4.99 Å². The molecule has 0 aliphatic carbocycles. The van der Waals surface area contributed by atoms with Crippen molar-refractivity contribution in [2.45, 2.75) is 32.6 Å². The van der Waals surface area contributed by atoms with Crippen molar-refractivity contribution in [3.8, 4) is 0 Å². The quantitative estimate of drug-likeness (QED) is 0.356. The van der Waals surface area contributed by atoms with E-state index in [1.807, 2.05) is 11.8 Å². The number of nitrogens with two attached hydrogens (primary N) is 1. The first-order valence-electron chi connectivity index (χ1n) is 5.97. The molecule has 0 aromatic heterocycles. The number of thioether (sulfide) groups is 1. The van der Waals surface area contributed by atoms with Gasteiger partial charge in [-0.15, -0.1) is 24.0 Å². The molecule has 0 amide bonds. The molecule has 1 rings (SSSR count). The molecule has 1 fully saturated rings. The molecule has 0 aromatic rings. The Balaban J connectivity index is 0.00000225. The highest BCUT2D eigenvalue weighted by molar-refractivity contribution is 14.0. The Labute approximate surface area is 121 Å². The van der Waals surface area contributed by atoms with E-state index in [0.717, 1.165) is 25.6 Å². The summed E-state index contributed by atoms with van der Waals surface area (Å²) in [7, 11) is 0. The van der Waals surface area contributed by atoms with Gasteiger partial charge in [0.05, 0.1) is 0 Å². The summed E-state index contributed by atoms with van der Waals surface area (Å²) in [5.41, 5.74) is 5.93. The molecule has 0 saturated carbocycles. The van der Waals surface area contributed by atoms with Crippen LogP contribution in [0.1, 0.15) is 32.6 Å². The Morgan fingerprint density at radius 1 is 1.25 bits per heavy atom. The van der Waals surface area contributed by atoms with Crippen molar-refractivity contribution in [2.24, 2.45) is 10.7 Å². The fraction of sp³-hybridized carbons (Fsp3) is 0.909. The van der Waals surface area contributed by atoms with Crippen molar-refractivity contribution in [2.75, 3.05) is 31.1 Å². The summed E-state index contributed by atoms with van der Waals surface area (Å²) >= 11 is 2.00. The zero-order chi connectivity index (χ0) is 10.9. The maximum absolute atomic E-state index is 5.93. The largest absolute Gasteiger partial charge is 0.370 e. The normalized spacial score (nSPS) is 17.1. The Morgan fingerprint density at radius 3 is 2.56 bits per heavy atom. The van der Waals surface area contributed by atoms with Gasteiger partial charge in [0.2, 0.25) is 0 Å². The molecule has 2 N–H and O–H groups in total. The molecule has 0 radical (unpaired) electrons. The second kappa shape index (κ2) is 10.5. The van der Waals surface area contributed by atoms with E-state index in [0.29, 0.717) is 0 Å². The van der Waals surface area contributed by atoms with Gasteiger partial charge in [0.1, 0.15) is 0 Å². The van der Waals surface area contributed by atoms with E-state index in [2.05, 4.69) is 16.8 Å². The van der Waals surface area contributed by atoms with Crippen LogP contribution in [0.4, 0.5) is 0 Å². The minimum Gasteiger partial charge on any atom is -0.370 e. The summed E-state index contributed by atoms with van der Waals surface area (Å²) in [5.74, 6) is 3.13. The van der Waals surface area contributed by atoms with Crippen molar-refractivity contribution in [1.82, 2.24) is 4.90 Å². The van der Waals surface area contributed by atoms with E-state index in [1.54, 1.807) is 0 Å². The first-order chi connectivity index (χ1) is 7.34. The molecule has 1 heterocycles. The fourth-order valence-corrected chi connectivity index (χ4v) is 2.53. The number of halogens is 1. The Bertz CT molecular complexity index is 194. The van der Waals surface area contributed by atoms with Crippen LogP contribution in [0.25, 0.3) is 0 Å². The number of aliphatic imine (C=N–C) groups is 1. The lowest BCUT2D eigenvalue weighted by atomic mass is 10.2. The summed E-state index contributed by atoms with van der Waals surface area (Å²) in [6.07, 6.45) is 5.05. The topological polar surface area (TPSA) is 41.6 Å². The third kappa shape index (κ3) is 6.83. The van der Waals surface area contributed by atoms with Gasteiger partial charge in [-0.2, -0.15) is 11.8 Å². The van der Waals surface area contributed by atoms with E-state index in [1.165, 1.54) is 37.2 Å². The molecular formula is C11H24IN3S. The predicted molar refractivity (Wildman–Crippen MR) is 84.9 cm³/mol. The molecule has 96 valence electrons. The van der Waals surface area contributed by atoms with Gasteiger partial charge in [-0.05, 0) is 6.42 Å². The van der Waals surface area contributed by atoms with Gasteiger partial charge in [0, 0.05) is 31.1 Å². The van der Waals surface area contributed by atoms with E-state index in [4.69, 9.17) is 5.73 Å². The standard InChI is InChI=1S/C11H23N3S.HI/c1-2-3-4-5-6-13-11(12)14-7-9-15-10-8-14;/h2-10H2,1H3,(H2,12,13);1H. The third-order valence-electron chi connectivity index (χ3n) is 2.62. The van der Waals surface area contributed by atoms with Crippen molar-refractivity contribution in [3.05, 3.63) is 0 Å². The highest BCUT2D eigenvalue weighted by Crippen LogP contribution is 2.08. The van der Waals surface area contributed by atoms with E-state index < -0.39 is 0 Å². The lowest BCUT2D eigenvalue weighted by Gasteiger charge is -2.27. The zero-order valence-corrected chi connectivity index (χ0v) is 13.3. The van der Waals surface area contributed by atoms with Gasteiger partial charge in [0.25, 0.3) is 0 Å². The molecule has 16 heavy (non-hydrogen) atoms. The number of hydrogen-bond acceptors (Lipinski definition) is 2. The van der Waals surface area contributed by atoms with E-state index >= 15 is 0 Å². The van der Waals surface area contributed by atoms with Gasteiger partial charge in [-0.3, -0.25) is 4.99 Å². The molecule has 1 aliphatic heterocycles. The summed E-state index contributed by atoms with van der Waals surface area (Å²) in [6, 6.07) is 0. The molecule has 1 saturated heterocycles. The molecule has 3 nitrogen and oxygen atoms in total. The predicted octanol–water partition coefficient (Wildman–Crippen LogP) is 2.55. The van der Waals surface area contributed by atoms with Crippen LogP contribution in [0.5, 0.6) is 0 Å². The molecule has 0 unspecified atom stereocenters. The van der Waals surface area contributed by atoms with Crippen molar-refractivity contribution >= 4 is 41.7 Å². The molecule has 1 aliphatic rings. The minimum absolute atomic E-state index is 0. The average molecular weight is 357 g/mol. The molecule has 0 spiro atoms. The lowest BCUT2D eigenvalue weighted by Crippen LogP contribution is -2.42. The molecular weight excluding hydrogens is 333 g/mol. The Kier molecular flexibility index (Phi) is 10.7. The van der Waals surface area contributed by atoms with E-state index in [9.17, 15) is 0 Å². The van der Waals surface area contributed by atoms with Crippen molar-refractivity contribution in [1.29, 1.82) is 0 Å². The monoisotopic (exact) mass is 357 g/mol. The highest BCUT2D eigenvalue weighted by Gasteiger charge is 2.11. The Morgan fingerprint density at radius 2 is 1.94 bits per heavy atom. The number of guanidine groups is 1. The Hall–Kier alpha value is 0.350. The summed E-state index contributed by atoms with van der Waals surface area (Å²) in [6.45, 7) is 5.25. The number of unbranched alkanes of at least 4 members (excludes halogenated alkanes) is 3.